The SMILES string of the molecule is CC1=CCCC(C)(C)C1/C=C/C(=O)CC(=O)O. The Balaban J connectivity index is 2.75. The van der Waals surface area contributed by atoms with Crippen molar-refractivity contribution in [2.45, 2.75) is 40.0 Å². The van der Waals surface area contributed by atoms with Crippen molar-refractivity contribution in [3.05, 3.63) is 23.8 Å². The number of allylic oxidation sites excluding steroid dienone is 4. The maximum Gasteiger partial charge on any atom is 0.311 e. The van der Waals surface area contributed by atoms with Crippen LogP contribution in [0.3, 0.4) is 0 Å². The highest BCUT2D eigenvalue weighted by Crippen LogP contribution is 2.41. The third-order valence-corrected chi connectivity index (χ3v) is 3.39. The summed E-state index contributed by atoms with van der Waals surface area (Å²) in [6, 6.07) is 0. The van der Waals surface area contributed by atoms with E-state index in [1.54, 1.807) is 0 Å². The minimum Gasteiger partial charge on any atom is -0.481 e. The molecule has 0 bridgehead atoms. The molecule has 1 unspecified atom stereocenters. The molecule has 3 nitrogen and oxygen atoms in total. The lowest BCUT2D eigenvalue weighted by Crippen LogP contribution is -2.26. The van der Waals surface area contributed by atoms with Gasteiger partial charge in [0.15, 0.2) is 5.78 Å². The maximum absolute atomic E-state index is 11.3. The molecule has 1 aliphatic carbocycles. The molecule has 17 heavy (non-hydrogen) atoms. The van der Waals surface area contributed by atoms with Gasteiger partial charge in [0.05, 0.1) is 0 Å². The Kier molecular flexibility index (Phi) is 4.27. The molecule has 1 aliphatic rings. The first-order valence-electron chi connectivity index (χ1n) is 5.92. The summed E-state index contributed by atoms with van der Waals surface area (Å²) < 4.78 is 0. The molecule has 1 rings (SSSR count). The predicted molar refractivity (Wildman–Crippen MR) is 66.7 cm³/mol. The molecule has 1 atom stereocenters. The molecule has 0 heterocycles. The first-order chi connectivity index (χ1) is 7.83. The zero-order valence-corrected chi connectivity index (χ0v) is 10.7. The first kappa shape index (κ1) is 13.7. The summed E-state index contributed by atoms with van der Waals surface area (Å²) in [6.07, 6.45) is 7.21. The van der Waals surface area contributed by atoms with Crippen molar-refractivity contribution >= 4 is 11.8 Å². The second-order valence-corrected chi connectivity index (χ2v) is 5.35. The number of hydrogen-bond donors (Lipinski definition) is 1. The second-order valence-electron chi connectivity index (χ2n) is 5.35. The largest absolute Gasteiger partial charge is 0.481 e. The Morgan fingerprint density at radius 1 is 1.53 bits per heavy atom. The van der Waals surface area contributed by atoms with Gasteiger partial charge in [-0.25, -0.2) is 0 Å². The zero-order valence-electron chi connectivity index (χ0n) is 10.7. The highest BCUT2D eigenvalue weighted by atomic mass is 16.4. The normalized spacial score (nSPS) is 23.5. The van der Waals surface area contributed by atoms with Gasteiger partial charge in [-0.15, -0.1) is 0 Å². The zero-order chi connectivity index (χ0) is 13.1. The number of carboxylic acids is 1. The van der Waals surface area contributed by atoms with Gasteiger partial charge < -0.3 is 5.11 Å². The van der Waals surface area contributed by atoms with Crippen molar-refractivity contribution in [1.82, 2.24) is 0 Å². The van der Waals surface area contributed by atoms with Crippen molar-refractivity contribution < 1.29 is 14.7 Å². The van der Waals surface area contributed by atoms with Crippen LogP contribution in [0.15, 0.2) is 23.8 Å². The van der Waals surface area contributed by atoms with Gasteiger partial charge >= 0.3 is 5.97 Å². The lowest BCUT2D eigenvalue weighted by Gasteiger charge is -2.36. The molecule has 0 aliphatic heterocycles. The number of ketones is 1. The molecule has 0 saturated carbocycles. The molecule has 3 heteroatoms. The highest BCUT2D eigenvalue weighted by molar-refractivity contribution is 6.01. The predicted octanol–water partition coefficient (Wildman–Crippen LogP) is 2.97. The van der Waals surface area contributed by atoms with Gasteiger partial charge in [-0.05, 0) is 31.3 Å². The van der Waals surface area contributed by atoms with E-state index in [1.807, 2.05) is 6.08 Å². The van der Waals surface area contributed by atoms with E-state index in [0.717, 1.165) is 12.8 Å². The minimum absolute atomic E-state index is 0.138. The van der Waals surface area contributed by atoms with Gasteiger partial charge in [0.25, 0.3) is 0 Å². The van der Waals surface area contributed by atoms with Crippen LogP contribution in [0.5, 0.6) is 0 Å². The molecule has 1 N–H and O–H groups in total. The summed E-state index contributed by atoms with van der Waals surface area (Å²) in [5, 5.41) is 8.51. The van der Waals surface area contributed by atoms with Crippen molar-refractivity contribution in [3.8, 4) is 0 Å². The van der Waals surface area contributed by atoms with Crippen LogP contribution in [0.2, 0.25) is 0 Å². The van der Waals surface area contributed by atoms with E-state index >= 15 is 0 Å². The van der Waals surface area contributed by atoms with Gasteiger partial charge in [0.2, 0.25) is 0 Å². The standard InChI is InChI=1S/C14H20O3/c1-10-5-4-8-14(2,3)12(10)7-6-11(15)9-13(16)17/h5-7,12H,4,8-9H2,1-3H3,(H,16,17)/b7-6+. The average molecular weight is 236 g/mol. The van der Waals surface area contributed by atoms with Crippen LogP contribution in [-0.4, -0.2) is 16.9 Å². The van der Waals surface area contributed by atoms with E-state index < -0.39 is 12.4 Å². The van der Waals surface area contributed by atoms with Gasteiger partial charge in [0.1, 0.15) is 6.42 Å². The third-order valence-electron chi connectivity index (χ3n) is 3.39. The van der Waals surface area contributed by atoms with Crippen molar-refractivity contribution in [3.63, 3.8) is 0 Å². The van der Waals surface area contributed by atoms with Crippen LogP contribution in [0.25, 0.3) is 0 Å². The summed E-state index contributed by atoms with van der Waals surface area (Å²) in [5.74, 6) is -1.18. The molecule has 0 saturated heterocycles. The molecule has 0 aromatic carbocycles. The summed E-state index contributed by atoms with van der Waals surface area (Å²) >= 11 is 0. The number of hydrogen-bond acceptors (Lipinski definition) is 2. The van der Waals surface area contributed by atoms with Crippen LogP contribution in [0.4, 0.5) is 0 Å². The van der Waals surface area contributed by atoms with Crippen LogP contribution in [0, 0.1) is 11.3 Å². The number of aliphatic carboxylic acids is 1. The van der Waals surface area contributed by atoms with Gasteiger partial charge in [0, 0.05) is 5.92 Å². The molecule has 0 radical (unpaired) electrons. The Morgan fingerprint density at radius 3 is 2.71 bits per heavy atom. The quantitative estimate of drug-likeness (QED) is 0.464. The Morgan fingerprint density at radius 2 is 2.18 bits per heavy atom. The van der Waals surface area contributed by atoms with E-state index in [9.17, 15) is 9.59 Å². The highest BCUT2D eigenvalue weighted by Gasteiger charge is 2.30. The van der Waals surface area contributed by atoms with Crippen LogP contribution >= 0.6 is 0 Å². The van der Waals surface area contributed by atoms with Crippen LogP contribution < -0.4 is 0 Å². The Labute approximate surface area is 102 Å². The van der Waals surface area contributed by atoms with Gasteiger partial charge in [-0.2, -0.15) is 0 Å². The van der Waals surface area contributed by atoms with Crippen LogP contribution in [0.1, 0.15) is 40.0 Å². The van der Waals surface area contributed by atoms with E-state index in [4.69, 9.17) is 5.11 Å². The third kappa shape index (κ3) is 3.84. The number of rotatable bonds is 4. The van der Waals surface area contributed by atoms with E-state index in [-0.39, 0.29) is 17.1 Å². The summed E-state index contributed by atoms with van der Waals surface area (Å²) in [4.78, 5) is 21.7. The lowest BCUT2D eigenvalue weighted by atomic mass is 9.68. The number of carboxylic acid groups (broad SMARTS) is 1. The number of carbonyl (C=O) groups is 2. The molecule has 0 fully saturated rings. The van der Waals surface area contributed by atoms with Crippen molar-refractivity contribution in [2.75, 3.05) is 0 Å². The first-order valence-corrected chi connectivity index (χ1v) is 5.92. The topological polar surface area (TPSA) is 54.4 Å². The fraction of sp³-hybridized carbons (Fsp3) is 0.571. The van der Waals surface area contributed by atoms with E-state index in [1.165, 1.54) is 11.6 Å². The van der Waals surface area contributed by atoms with Crippen molar-refractivity contribution in [2.24, 2.45) is 11.3 Å². The maximum atomic E-state index is 11.3. The summed E-state index contributed by atoms with van der Waals surface area (Å²) in [6.45, 7) is 6.43. The molecule has 0 amide bonds. The Bertz CT molecular complexity index is 375. The monoisotopic (exact) mass is 236 g/mol. The molecule has 94 valence electrons. The van der Waals surface area contributed by atoms with E-state index in [0.29, 0.717) is 0 Å². The fourth-order valence-electron chi connectivity index (χ4n) is 2.39. The van der Waals surface area contributed by atoms with Crippen LogP contribution in [-0.2, 0) is 9.59 Å². The molecule has 0 aromatic rings. The summed E-state index contributed by atoms with van der Waals surface area (Å²) in [7, 11) is 0. The molecular formula is C14H20O3. The van der Waals surface area contributed by atoms with Crippen molar-refractivity contribution in [1.29, 1.82) is 0 Å². The van der Waals surface area contributed by atoms with E-state index in [2.05, 4.69) is 26.8 Å². The van der Waals surface area contributed by atoms with Gasteiger partial charge in [-0.1, -0.05) is 31.6 Å². The summed E-state index contributed by atoms with van der Waals surface area (Å²) in [5.41, 5.74) is 1.40. The fourth-order valence-corrected chi connectivity index (χ4v) is 2.39. The Hall–Kier alpha value is -1.38. The molecular weight excluding hydrogens is 216 g/mol. The average Bonchev–Trinajstić information content (AvgIpc) is 2.14. The number of carbonyl (C=O) groups excluding carboxylic acids is 1. The smallest absolute Gasteiger partial charge is 0.311 e. The molecule has 0 spiro atoms. The second kappa shape index (κ2) is 5.30. The molecule has 0 aromatic heterocycles. The van der Waals surface area contributed by atoms with Gasteiger partial charge in [-0.3, -0.25) is 9.59 Å². The lowest BCUT2D eigenvalue weighted by molar-refractivity contribution is -0.139. The minimum atomic E-state index is -1.07.